The third-order valence-corrected chi connectivity index (χ3v) is 3.13. The molecule has 1 heterocycles. The maximum Gasteiger partial charge on any atom is 0.316 e. The molecule has 1 unspecified atom stereocenters. The van der Waals surface area contributed by atoms with Gasteiger partial charge < -0.3 is 4.74 Å². The predicted octanol–water partition coefficient (Wildman–Crippen LogP) is 2.55. The molecule has 20 heavy (non-hydrogen) atoms. The average molecular weight is 271 g/mol. The number of pyridine rings is 1. The maximum absolute atomic E-state index is 11.8. The van der Waals surface area contributed by atoms with Crippen LogP contribution in [-0.2, 0) is 20.7 Å². The molecule has 0 aliphatic rings. The second-order valence-corrected chi connectivity index (χ2v) is 4.61. The first-order chi connectivity index (χ1) is 9.61. The lowest BCUT2D eigenvalue weighted by Gasteiger charge is -2.12. The van der Waals surface area contributed by atoms with Crippen molar-refractivity contribution in [1.82, 2.24) is 4.98 Å². The van der Waals surface area contributed by atoms with E-state index in [1.54, 1.807) is 6.92 Å². The van der Waals surface area contributed by atoms with Crippen LogP contribution in [0.15, 0.2) is 36.4 Å². The molecule has 0 N–H and O–H groups in total. The quantitative estimate of drug-likeness (QED) is 0.619. The number of carbonyl (C=O) groups is 2. The van der Waals surface area contributed by atoms with Crippen LogP contribution in [0.5, 0.6) is 0 Å². The molecular formula is C16H17NO3. The SMILES string of the molecule is CCOC(=O)C(Cc1ccc2ccccc2n1)C(C)=O. The second-order valence-electron chi connectivity index (χ2n) is 4.61. The highest BCUT2D eigenvalue weighted by Gasteiger charge is 2.25. The summed E-state index contributed by atoms with van der Waals surface area (Å²) in [5.41, 5.74) is 1.58. The zero-order valence-corrected chi connectivity index (χ0v) is 11.6. The zero-order chi connectivity index (χ0) is 14.5. The number of nitrogens with zero attached hydrogens (tertiary/aromatic N) is 1. The van der Waals surface area contributed by atoms with Gasteiger partial charge in [-0.3, -0.25) is 14.6 Å². The molecule has 0 spiro atoms. The van der Waals surface area contributed by atoms with Gasteiger partial charge in [0.2, 0.25) is 0 Å². The Morgan fingerprint density at radius 3 is 2.65 bits per heavy atom. The molecule has 0 saturated carbocycles. The third kappa shape index (κ3) is 3.20. The number of aromatic nitrogens is 1. The van der Waals surface area contributed by atoms with Gasteiger partial charge in [0.15, 0.2) is 0 Å². The van der Waals surface area contributed by atoms with Crippen LogP contribution in [-0.4, -0.2) is 23.3 Å². The lowest BCUT2D eigenvalue weighted by atomic mass is 9.98. The first-order valence-electron chi connectivity index (χ1n) is 6.63. The number of Topliss-reactive ketones (excluding diaryl/α,β-unsaturated/α-hetero) is 1. The Hall–Kier alpha value is -2.23. The molecule has 0 amide bonds. The van der Waals surface area contributed by atoms with Gasteiger partial charge in [-0.2, -0.15) is 0 Å². The van der Waals surface area contributed by atoms with Gasteiger partial charge in [0.1, 0.15) is 11.7 Å². The number of para-hydroxylation sites is 1. The van der Waals surface area contributed by atoms with E-state index in [2.05, 4.69) is 4.98 Å². The molecule has 0 saturated heterocycles. The maximum atomic E-state index is 11.8. The molecule has 1 aromatic heterocycles. The zero-order valence-electron chi connectivity index (χ0n) is 11.6. The molecule has 2 aromatic rings. The molecule has 0 radical (unpaired) electrons. The highest BCUT2D eigenvalue weighted by atomic mass is 16.5. The minimum atomic E-state index is -0.774. The van der Waals surface area contributed by atoms with Crippen molar-refractivity contribution >= 4 is 22.7 Å². The van der Waals surface area contributed by atoms with Crippen molar-refractivity contribution in [3.8, 4) is 0 Å². The number of ketones is 1. The molecule has 0 fully saturated rings. The van der Waals surface area contributed by atoms with Crippen LogP contribution in [0.25, 0.3) is 10.9 Å². The first kappa shape index (κ1) is 14.2. The number of esters is 1. The van der Waals surface area contributed by atoms with Gasteiger partial charge in [-0.25, -0.2) is 0 Å². The summed E-state index contributed by atoms with van der Waals surface area (Å²) in [5.74, 6) is -1.45. The van der Waals surface area contributed by atoms with Gasteiger partial charge in [0.25, 0.3) is 0 Å². The molecule has 104 valence electrons. The Labute approximate surface area is 117 Å². The largest absolute Gasteiger partial charge is 0.465 e. The van der Waals surface area contributed by atoms with Crippen molar-refractivity contribution in [2.75, 3.05) is 6.61 Å². The smallest absolute Gasteiger partial charge is 0.316 e. The number of ether oxygens (including phenoxy) is 1. The van der Waals surface area contributed by atoms with Crippen LogP contribution in [0, 0.1) is 5.92 Å². The van der Waals surface area contributed by atoms with Crippen LogP contribution >= 0.6 is 0 Å². The fourth-order valence-corrected chi connectivity index (χ4v) is 2.07. The third-order valence-electron chi connectivity index (χ3n) is 3.13. The minimum absolute atomic E-state index is 0.196. The van der Waals surface area contributed by atoms with Gasteiger partial charge in [0, 0.05) is 17.5 Å². The van der Waals surface area contributed by atoms with Crippen LogP contribution in [0.3, 0.4) is 0 Å². The van der Waals surface area contributed by atoms with Crippen LogP contribution in [0.1, 0.15) is 19.5 Å². The number of benzene rings is 1. The number of hydrogen-bond donors (Lipinski definition) is 0. The molecule has 1 aromatic carbocycles. The molecule has 2 rings (SSSR count). The van der Waals surface area contributed by atoms with E-state index in [-0.39, 0.29) is 18.8 Å². The van der Waals surface area contributed by atoms with Crippen molar-refractivity contribution in [3.63, 3.8) is 0 Å². The summed E-state index contributed by atoms with van der Waals surface area (Å²) in [5, 5.41) is 1.03. The predicted molar refractivity (Wildman–Crippen MR) is 76.3 cm³/mol. The molecule has 1 atom stereocenters. The fraction of sp³-hybridized carbons (Fsp3) is 0.312. The molecule has 0 bridgehead atoms. The van der Waals surface area contributed by atoms with E-state index in [1.807, 2.05) is 36.4 Å². The van der Waals surface area contributed by atoms with Crippen molar-refractivity contribution in [2.24, 2.45) is 5.92 Å². The summed E-state index contributed by atoms with van der Waals surface area (Å²) in [6, 6.07) is 11.5. The average Bonchev–Trinajstić information content (AvgIpc) is 2.44. The minimum Gasteiger partial charge on any atom is -0.465 e. The van der Waals surface area contributed by atoms with Crippen molar-refractivity contribution < 1.29 is 14.3 Å². The van der Waals surface area contributed by atoms with E-state index >= 15 is 0 Å². The highest BCUT2D eigenvalue weighted by Crippen LogP contribution is 2.15. The van der Waals surface area contributed by atoms with Gasteiger partial charge in [-0.1, -0.05) is 24.3 Å². The Bertz CT molecular complexity index is 636. The monoisotopic (exact) mass is 271 g/mol. The molecular weight excluding hydrogens is 254 g/mol. The van der Waals surface area contributed by atoms with Gasteiger partial charge in [-0.05, 0) is 26.0 Å². The summed E-state index contributed by atoms with van der Waals surface area (Å²) in [7, 11) is 0. The van der Waals surface area contributed by atoms with E-state index in [9.17, 15) is 9.59 Å². The fourth-order valence-electron chi connectivity index (χ4n) is 2.07. The number of rotatable bonds is 5. The standard InChI is InChI=1S/C16H17NO3/c1-3-20-16(19)14(11(2)18)10-13-9-8-12-6-4-5-7-15(12)17-13/h4-9,14H,3,10H2,1-2H3. The number of hydrogen-bond acceptors (Lipinski definition) is 4. The van der Waals surface area contributed by atoms with Crippen LogP contribution in [0.2, 0.25) is 0 Å². The summed E-state index contributed by atoms with van der Waals surface area (Å²) in [6.45, 7) is 3.40. The molecule has 0 aliphatic heterocycles. The summed E-state index contributed by atoms with van der Waals surface area (Å²) in [6.07, 6.45) is 0.277. The van der Waals surface area contributed by atoms with E-state index in [4.69, 9.17) is 4.74 Å². The van der Waals surface area contributed by atoms with E-state index in [1.165, 1.54) is 6.92 Å². The van der Waals surface area contributed by atoms with Crippen molar-refractivity contribution in [1.29, 1.82) is 0 Å². The topological polar surface area (TPSA) is 56.3 Å². The summed E-state index contributed by atoms with van der Waals surface area (Å²) >= 11 is 0. The Morgan fingerprint density at radius 2 is 1.95 bits per heavy atom. The molecule has 0 aliphatic carbocycles. The van der Waals surface area contributed by atoms with Crippen LogP contribution < -0.4 is 0 Å². The normalized spacial score (nSPS) is 12.1. The molecule has 4 nitrogen and oxygen atoms in total. The van der Waals surface area contributed by atoms with Gasteiger partial charge in [-0.15, -0.1) is 0 Å². The summed E-state index contributed by atoms with van der Waals surface area (Å²) < 4.78 is 4.94. The number of fused-ring (bicyclic) bond motifs is 1. The van der Waals surface area contributed by atoms with Crippen LogP contribution in [0.4, 0.5) is 0 Å². The molecule has 4 heteroatoms. The number of carbonyl (C=O) groups excluding carboxylic acids is 2. The Morgan fingerprint density at radius 1 is 1.20 bits per heavy atom. The van der Waals surface area contributed by atoms with Gasteiger partial charge >= 0.3 is 5.97 Å². The lowest BCUT2D eigenvalue weighted by Crippen LogP contribution is -2.26. The second kappa shape index (κ2) is 6.28. The van der Waals surface area contributed by atoms with E-state index in [0.717, 1.165) is 16.6 Å². The Balaban J connectivity index is 2.24. The lowest BCUT2D eigenvalue weighted by molar-refractivity contribution is -0.151. The summed E-state index contributed by atoms with van der Waals surface area (Å²) in [4.78, 5) is 27.9. The first-order valence-corrected chi connectivity index (χ1v) is 6.63. The van der Waals surface area contributed by atoms with E-state index in [0.29, 0.717) is 0 Å². The van der Waals surface area contributed by atoms with Crippen molar-refractivity contribution in [2.45, 2.75) is 20.3 Å². The van der Waals surface area contributed by atoms with Crippen molar-refractivity contribution in [3.05, 3.63) is 42.1 Å². The van der Waals surface area contributed by atoms with E-state index < -0.39 is 11.9 Å². The highest BCUT2D eigenvalue weighted by molar-refractivity contribution is 5.98. The van der Waals surface area contributed by atoms with Gasteiger partial charge in [0.05, 0.1) is 12.1 Å². The Kier molecular flexibility index (Phi) is 4.45.